The van der Waals surface area contributed by atoms with Gasteiger partial charge in [0.15, 0.2) is 0 Å². The molecule has 2 amide bonds. The third-order valence-electron chi connectivity index (χ3n) is 2.98. The molecule has 0 spiro atoms. The lowest BCUT2D eigenvalue weighted by Crippen LogP contribution is -2.39. The van der Waals surface area contributed by atoms with Gasteiger partial charge in [0, 0.05) is 6.04 Å². The van der Waals surface area contributed by atoms with Gasteiger partial charge < -0.3 is 5.11 Å². The van der Waals surface area contributed by atoms with E-state index in [0.29, 0.717) is 11.1 Å². The summed E-state index contributed by atoms with van der Waals surface area (Å²) in [6.45, 7) is 3.39. The molecule has 18 heavy (non-hydrogen) atoms. The maximum atomic E-state index is 12.1. The van der Waals surface area contributed by atoms with Gasteiger partial charge in [-0.3, -0.25) is 19.3 Å². The summed E-state index contributed by atoms with van der Waals surface area (Å²) in [7, 11) is 0. The van der Waals surface area contributed by atoms with Crippen molar-refractivity contribution in [3.05, 3.63) is 34.9 Å². The zero-order chi connectivity index (χ0) is 13.4. The predicted molar refractivity (Wildman–Crippen MR) is 63.4 cm³/mol. The number of carbonyl (C=O) groups excluding carboxylic acids is 2. The largest absolute Gasteiger partial charge is 0.481 e. The number of fused-ring (bicyclic) bond motifs is 1. The van der Waals surface area contributed by atoms with Gasteiger partial charge in [0.05, 0.1) is 17.5 Å². The van der Waals surface area contributed by atoms with Crippen molar-refractivity contribution >= 4 is 17.8 Å². The number of imide groups is 1. The first-order valence-corrected chi connectivity index (χ1v) is 5.62. The van der Waals surface area contributed by atoms with Gasteiger partial charge in [-0.2, -0.15) is 0 Å². The lowest BCUT2D eigenvalue weighted by molar-refractivity contribution is -0.137. The SMILES string of the molecule is Cc1ccc2c(c1)C(=O)N(C(C)CC(=O)O)C2=O. The van der Waals surface area contributed by atoms with E-state index in [9.17, 15) is 14.4 Å². The molecule has 94 valence electrons. The van der Waals surface area contributed by atoms with Gasteiger partial charge in [0.1, 0.15) is 0 Å². The first-order valence-electron chi connectivity index (χ1n) is 5.62. The molecule has 1 aliphatic rings. The Hall–Kier alpha value is -2.17. The summed E-state index contributed by atoms with van der Waals surface area (Å²) in [5.74, 6) is -1.86. The molecule has 0 saturated carbocycles. The van der Waals surface area contributed by atoms with E-state index in [1.54, 1.807) is 25.1 Å². The number of hydrogen-bond donors (Lipinski definition) is 1. The second-order valence-electron chi connectivity index (χ2n) is 4.48. The van der Waals surface area contributed by atoms with Crippen molar-refractivity contribution in [1.82, 2.24) is 4.90 Å². The van der Waals surface area contributed by atoms with Crippen LogP contribution in [0.5, 0.6) is 0 Å². The highest BCUT2D eigenvalue weighted by molar-refractivity contribution is 6.21. The molecule has 1 aromatic rings. The molecule has 1 heterocycles. The molecule has 5 heteroatoms. The Labute approximate surface area is 104 Å². The summed E-state index contributed by atoms with van der Waals surface area (Å²) in [5.41, 5.74) is 1.60. The molecule has 1 atom stereocenters. The van der Waals surface area contributed by atoms with Crippen LogP contribution in [0, 0.1) is 6.92 Å². The fourth-order valence-electron chi connectivity index (χ4n) is 2.12. The summed E-state index contributed by atoms with van der Waals surface area (Å²) >= 11 is 0. The van der Waals surface area contributed by atoms with Gasteiger partial charge in [-0.05, 0) is 26.0 Å². The maximum absolute atomic E-state index is 12.1. The van der Waals surface area contributed by atoms with Crippen LogP contribution in [-0.2, 0) is 4.79 Å². The number of benzene rings is 1. The van der Waals surface area contributed by atoms with E-state index in [1.807, 2.05) is 6.92 Å². The number of aryl methyl sites for hydroxylation is 1. The summed E-state index contributed by atoms with van der Waals surface area (Å²) in [6, 6.07) is 4.38. The van der Waals surface area contributed by atoms with Crippen LogP contribution in [0.15, 0.2) is 18.2 Å². The molecular formula is C13H13NO4. The highest BCUT2D eigenvalue weighted by Crippen LogP contribution is 2.26. The average Bonchev–Trinajstić information content (AvgIpc) is 2.50. The van der Waals surface area contributed by atoms with Crippen LogP contribution in [-0.4, -0.2) is 33.8 Å². The van der Waals surface area contributed by atoms with E-state index in [1.165, 1.54) is 0 Å². The first kappa shape index (κ1) is 12.3. The summed E-state index contributed by atoms with van der Waals surface area (Å²) in [5, 5.41) is 8.73. The van der Waals surface area contributed by atoms with Crippen molar-refractivity contribution < 1.29 is 19.5 Å². The topological polar surface area (TPSA) is 74.7 Å². The van der Waals surface area contributed by atoms with Gasteiger partial charge in [-0.15, -0.1) is 0 Å². The molecule has 5 nitrogen and oxygen atoms in total. The molecule has 0 radical (unpaired) electrons. The number of carboxylic acid groups (broad SMARTS) is 1. The Balaban J connectivity index is 2.36. The fraction of sp³-hybridized carbons (Fsp3) is 0.308. The van der Waals surface area contributed by atoms with Gasteiger partial charge in [0.25, 0.3) is 11.8 Å². The quantitative estimate of drug-likeness (QED) is 0.820. The molecule has 0 bridgehead atoms. The molecule has 1 aromatic carbocycles. The minimum absolute atomic E-state index is 0.246. The highest BCUT2D eigenvalue weighted by Gasteiger charge is 2.38. The van der Waals surface area contributed by atoms with Crippen LogP contribution in [0.4, 0.5) is 0 Å². The second kappa shape index (κ2) is 4.25. The lowest BCUT2D eigenvalue weighted by Gasteiger charge is -2.20. The van der Waals surface area contributed by atoms with Crippen LogP contribution >= 0.6 is 0 Å². The van der Waals surface area contributed by atoms with E-state index >= 15 is 0 Å². The van der Waals surface area contributed by atoms with Crippen LogP contribution in [0.3, 0.4) is 0 Å². The number of rotatable bonds is 3. The second-order valence-corrected chi connectivity index (χ2v) is 4.48. The Morgan fingerprint density at radius 3 is 2.50 bits per heavy atom. The Morgan fingerprint density at radius 1 is 1.28 bits per heavy atom. The molecule has 0 aromatic heterocycles. The van der Waals surface area contributed by atoms with Crippen molar-refractivity contribution in [3.8, 4) is 0 Å². The van der Waals surface area contributed by atoms with E-state index in [-0.39, 0.29) is 6.42 Å². The fourth-order valence-corrected chi connectivity index (χ4v) is 2.12. The number of nitrogens with zero attached hydrogens (tertiary/aromatic N) is 1. The Bertz CT molecular complexity index is 550. The minimum Gasteiger partial charge on any atom is -0.481 e. The Morgan fingerprint density at radius 2 is 1.89 bits per heavy atom. The Kier molecular flexibility index (Phi) is 2.90. The average molecular weight is 247 g/mol. The number of aliphatic carboxylic acids is 1. The van der Waals surface area contributed by atoms with Gasteiger partial charge in [0.2, 0.25) is 0 Å². The standard InChI is InChI=1S/C13H13NO4/c1-7-3-4-9-10(5-7)13(18)14(12(9)17)8(2)6-11(15)16/h3-5,8H,6H2,1-2H3,(H,15,16). The number of amides is 2. The molecular weight excluding hydrogens is 234 g/mol. The van der Waals surface area contributed by atoms with E-state index in [4.69, 9.17) is 5.11 Å². The highest BCUT2D eigenvalue weighted by atomic mass is 16.4. The first-order chi connectivity index (χ1) is 8.41. The summed E-state index contributed by atoms with van der Waals surface area (Å²) < 4.78 is 0. The molecule has 1 aliphatic heterocycles. The predicted octanol–water partition coefficient (Wildman–Crippen LogP) is 1.45. The summed E-state index contributed by atoms with van der Waals surface area (Å²) in [4.78, 5) is 35.8. The van der Waals surface area contributed by atoms with Gasteiger partial charge in [-0.1, -0.05) is 11.6 Å². The zero-order valence-corrected chi connectivity index (χ0v) is 10.1. The molecule has 0 aliphatic carbocycles. The van der Waals surface area contributed by atoms with Gasteiger partial charge >= 0.3 is 5.97 Å². The molecule has 2 rings (SSSR count). The molecule has 0 saturated heterocycles. The number of carboxylic acids is 1. The van der Waals surface area contributed by atoms with Crippen molar-refractivity contribution in [1.29, 1.82) is 0 Å². The third kappa shape index (κ3) is 1.88. The molecule has 1 unspecified atom stereocenters. The normalized spacial score (nSPS) is 15.8. The minimum atomic E-state index is -1.03. The smallest absolute Gasteiger partial charge is 0.305 e. The van der Waals surface area contributed by atoms with Crippen molar-refractivity contribution in [2.24, 2.45) is 0 Å². The van der Waals surface area contributed by atoms with E-state index < -0.39 is 23.8 Å². The molecule has 1 N–H and O–H groups in total. The van der Waals surface area contributed by atoms with Crippen molar-refractivity contribution in [2.45, 2.75) is 26.3 Å². The van der Waals surface area contributed by atoms with E-state index in [0.717, 1.165) is 10.5 Å². The van der Waals surface area contributed by atoms with E-state index in [2.05, 4.69) is 0 Å². The van der Waals surface area contributed by atoms with Crippen molar-refractivity contribution in [3.63, 3.8) is 0 Å². The number of hydrogen-bond acceptors (Lipinski definition) is 3. The number of carbonyl (C=O) groups is 3. The lowest BCUT2D eigenvalue weighted by atomic mass is 10.1. The third-order valence-corrected chi connectivity index (χ3v) is 2.98. The maximum Gasteiger partial charge on any atom is 0.305 e. The van der Waals surface area contributed by atoms with Crippen LogP contribution in [0.1, 0.15) is 39.6 Å². The summed E-state index contributed by atoms with van der Waals surface area (Å²) in [6.07, 6.45) is -0.246. The van der Waals surface area contributed by atoms with Crippen molar-refractivity contribution in [2.75, 3.05) is 0 Å². The van der Waals surface area contributed by atoms with Crippen LogP contribution in [0.25, 0.3) is 0 Å². The van der Waals surface area contributed by atoms with Crippen LogP contribution < -0.4 is 0 Å². The zero-order valence-electron chi connectivity index (χ0n) is 10.1. The van der Waals surface area contributed by atoms with Gasteiger partial charge in [-0.25, -0.2) is 0 Å². The van der Waals surface area contributed by atoms with Crippen LogP contribution in [0.2, 0.25) is 0 Å². The molecule has 0 fully saturated rings. The monoisotopic (exact) mass is 247 g/mol.